The molecule has 268 valence electrons. The molecule has 6 aromatic heterocycles. The Balaban J connectivity index is 1.13. The van der Waals surface area contributed by atoms with Gasteiger partial charge in [0.15, 0.2) is 11.6 Å². The van der Waals surface area contributed by atoms with Crippen molar-refractivity contribution in [1.29, 1.82) is 0 Å². The van der Waals surface area contributed by atoms with Gasteiger partial charge in [0.2, 0.25) is 5.71 Å². The van der Waals surface area contributed by atoms with Crippen LogP contribution in [0.1, 0.15) is 0 Å². The fourth-order valence-corrected chi connectivity index (χ4v) is 10.1. The molecule has 0 aliphatic rings. The van der Waals surface area contributed by atoms with Crippen LogP contribution in [0.3, 0.4) is 0 Å². The summed E-state index contributed by atoms with van der Waals surface area (Å²) in [5.41, 5.74) is 11.5. The largest absolute Gasteiger partial charge is 0.437 e. The topological polar surface area (TPSA) is 53.2 Å². The second kappa shape index (κ2) is 10.9. The molecule has 14 rings (SSSR count). The Morgan fingerprint density at radius 2 is 0.966 bits per heavy atom. The van der Waals surface area contributed by atoms with E-state index in [1.165, 1.54) is 54.3 Å². The smallest absolute Gasteiger partial charge is 0.233 e. The van der Waals surface area contributed by atoms with Gasteiger partial charge in [-0.2, -0.15) is 4.98 Å². The van der Waals surface area contributed by atoms with E-state index in [0.29, 0.717) is 11.5 Å². The predicted octanol–water partition coefficient (Wildman–Crippen LogP) is 13.4. The molecule has 6 nitrogen and oxygen atoms in total. The monoisotopic (exact) mass is 739 g/mol. The number of nitrogens with zero attached hydrogens (tertiary/aromatic N) is 5. The first-order valence-corrected chi connectivity index (χ1v) is 19.7. The quantitative estimate of drug-likeness (QED) is 0.181. The van der Waals surface area contributed by atoms with Crippen molar-refractivity contribution in [2.24, 2.45) is 0 Å². The van der Waals surface area contributed by atoms with Gasteiger partial charge in [0.1, 0.15) is 5.58 Å². The molecule has 0 amide bonds. The van der Waals surface area contributed by atoms with Gasteiger partial charge in [0.25, 0.3) is 0 Å². The Morgan fingerprint density at radius 3 is 1.74 bits per heavy atom. The SMILES string of the molecule is c1ccc(-n2c3ccccc3c3cc(-c4nc(-n5c6ccccc6c6c7c8ccccc8n8c9ccccc9c(cc65)c78)c5c(n4)oc4ccccc45)ccc32)cc1. The Kier molecular flexibility index (Phi) is 5.68. The Bertz CT molecular complexity index is 4030. The number of benzene rings is 8. The van der Waals surface area contributed by atoms with Crippen molar-refractivity contribution >= 4 is 104 Å². The number of hydrogen-bond acceptors (Lipinski definition) is 3. The fourth-order valence-electron chi connectivity index (χ4n) is 10.1. The van der Waals surface area contributed by atoms with Gasteiger partial charge in [-0.25, -0.2) is 4.98 Å². The lowest BCUT2D eigenvalue weighted by molar-refractivity contribution is 0.653. The van der Waals surface area contributed by atoms with Crippen molar-refractivity contribution in [1.82, 2.24) is 23.5 Å². The maximum Gasteiger partial charge on any atom is 0.233 e. The lowest BCUT2D eigenvalue weighted by atomic mass is 10.0. The Hall–Kier alpha value is -7.96. The highest BCUT2D eigenvalue weighted by Crippen LogP contribution is 2.47. The van der Waals surface area contributed by atoms with Crippen molar-refractivity contribution in [3.05, 3.63) is 176 Å². The van der Waals surface area contributed by atoms with E-state index in [1.807, 2.05) is 12.1 Å². The minimum absolute atomic E-state index is 0.562. The first kappa shape index (κ1) is 30.3. The second-order valence-electron chi connectivity index (χ2n) is 15.3. The number of hydrogen-bond donors (Lipinski definition) is 0. The highest BCUT2D eigenvalue weighted by molar-refractivity contribution is 6.36. The van der Waals surface area contributed by atoms with Gasteiger partial charge in [-0.15, -0.1) is 0 Å². The van der Waals surface area contributed by atoms with E-state index >= 15 is 0 Å². The van der Waals surface area contributed by atoms with E-state index in [1.54, 1.807) is 0 Å². The summed E-state index contributed by atoms with van der Waals surface area (Å²) >= 11 is 0. The molecule has 0 fully saturated rings. The summed E-state index contributed by atoms with van der Waals surface area (Å²) in [4.78, 5) is 10.8. The highest BCUT2D eigenvalue weighted by Gasteiger charge is 2.27. The molecule has 0 aliphatic heterocycles. The maximum absolute atomic E-state index is 6.64. The third-order valence-corrected chi connectivity index (χ3v) is 12.4. The van der Waals surface area contributed by atoms with E-state index in [-0.39, 0.29) is 0 Å². The van der Waals surface area contributed by atoms with Crippen molar-refractivity contribution in [3.63, 3.8) is 0 Å². The van der Waals surface area contributed by atoms with Crippen LogP contribution in [0.25, 0.3) is 127 Å². The van der Waals surface area contributed by atoms with Gasteiger partial charge < -0.3 is 13.4 Å². The fraction of sp³-hybridized carbons (Fsp3) is 0. The van der Waals surface area contributed by atoms with Gasteiger partial charge in [-0.3, -0.25) is 4.57 Å². The molecule has 0 spiro atoms. The molecule has 0 N–H and O–H groups in total. The lowest BCUT2D eigenvalue weighted by Gasteiger charge is -2.11. The van der Waals surface area contributed by atoms with Gasteiger partial charge in [-0.05, 0) is 66.7 Å². The van der Waals surface area contributed by atoms with Crippen LogP contribution in [0.15, 0.2) is 180 Å². The average Bonchev–Trinajstić information content (AvgIpc) is 4.08. The second-order valence-corrected chi connectivity index (χ2v) is 15.3. The predicted molar refractivity (Wildman–Crippen MR) is 238 cm³/mol. The zero-order valence-corrected chi connectivity index (χ0v) is 30.9. The van der Waals surface area contributed by atoms with Crippen molar-refractivity contribution in [2.75, 3.05) is 0 Å². The molecular formula is C52H29N5O. The van der Waals surface area contributed by atoms with Gasteiger partial charge >= 0.3 is 0 Å². The van der Waals surface area contributed by atoms with Crippen molar-refractivity contribution < 1.29 is 4.42 Å². The summed E-state index contributed by atoms with van der Waals surface area (Å²) in [5, 5.41) is 11.6. The van der Waals surface area contributed by atoms with Gasteiger partial charge in [-0.1, -0.05) is 109 Å². The summed E-state index contributed by atoms with van der Waals surface area (Å²) in [6.45, 7) is 0. The number of rotatable bonds is 3. The molecule has 0 radical (unpaired) electrons. The number of para-hydroxylation sites is 6. The first-order chi connectivity index (χ1) is 28.8. The number of furan rings is 1. The first-order valence-electron chi connectivity index (χ1n) is 19.7. The molecule has 0 saturated heterocycles. The normalized spacial score (nSPS) is 12.5. The minimum Gasteiger partial charge on any atom is -0.437 e. The molecule has 14 aromatic rings. The Morgan fingerprint density at radius 1 is 0.379 bits per heavy atom. The summed E-state index contributed by atoms with van der Waals surface area (Å²) in [6, 6.07) is 62.7. The molecule has 0 unspecified atom stereocenters. The summed E-state index contributed by atoms with van der Waals surface area (Å²) < 4.78 is 13.8. The molecular weight excluding hydrogens is 711 g/mol. The molecule has 6 heteroatoms. The van der Waals surface area contributed by atoms with E-state index in [9.17, 15) is 0 Å². The summed E-state index contributed by atoms with van der Waals surface area (Å²) in [7, 11) is 0. The van der Waals surface area contributed by atoms with E-state index in [2.05, 4.69) is 177 Å². The Labute approximate surface area is 329 Å². The van der Waals surface area contributed by atoms with Crippen LogP contribution in [0.4, 0.5) is 0 Å². The number of aromatic nitrogens is 5. The third kappa shape index (κ3) is 3.76. The third-order valence-electron chi connectivity index (χ3n) is 12.4. The van der Waals surface area contributed by atoms with Gasteiger partial charge in [0, 0.05) is 59.7 Å². The molecule has 0 atom stereocenters. The van der Waals surface area contributed by atoms with Crippen LogP contribution in [0.5, 0.6) is 0 Å². The zero-order chi connectivity index (χ0) is 37.6. The number of fused-ring (bicyclic) bond motifs is 16. The van der Waals surface area contributed by atoms with Crippen LogP contribution in [-0.2, 0) is 0 Å². The molecule has 0 saturated carbocycles. The van der Waals surface area contributed by atoms with E-state index in [4.69, 9.17) is 14.4 Å². The summed E-state index contributed by atoms with van der Waals surface area (Å²) in [6.07, 6.45) is 0. The van der Waals surface area contributed by atoms with Crippen LogP contribution in [0.2, 0.25) is 0 Å². The minimum atomic E-state index is 0.562. The average molecular weight is 740 g/mol. The van der Waals surface area contributed by atoms with Crippen LogP contribution >= 0.6 is 0 Å². The summed E-state index contributed by atoms with van der Waals surface area (Å²) in [5.74, 6) is 1.41. The molecule has 0 aliphatic carbocycles. The molecule has 58 heavy (non-hydrogen) atoms. The van der Waals surface area contributed by atoms with E-state index < -0.39 is 0 Å². The zero-order valence-electron chi connectivity index (χ0n) is 30.9. The molecule has 0 bridgehead atoms. The molecule has 6 heterocycles. The van der Waals surface area contributed by atoms with Crippen LogP contribution in [-0.4, -0.2) is 23.5 Å². The standard InChI is InChI=1S/C52H29N5O/c1-2-14-31(15-3-1)55-39-21-9-4-16-32(39)37-28-30(26-27-43(37)55)50-53-51(48-36-20-8-13-25-45(36)58-52(48)54-50)57-42-24-12-6-18-34(42)46-44(57)29-38-33-17-5-10-22-40(33)56-41-23-11-7-19-35(41)47(46)49(38)56/h1-29H. The lowest BCUT2D eigenvalue weighted by Crippen LogP contribution is -2.02. The van der Waals surface area contributed by atoms with Crippen molar-refractivity contribution in [3.8, 4) is 22.9 Å². The van der Waals surface area contributed by atoms with Crippen molar-refractivity contribution in [2.45, 2.75) is 0 Å². The maximum atomic E-state index is 6.64. The van der Waals surface area contributed by atoms with Gasteiger partial charge in [0.05, 0.1) is 44.0 Å². The van der Waals surface area contributed by atoms with E-state index in [0.717, 1.165) is 60.9 Å². The van der Waals surface area contributed by atoms with Crippen LogP contribution in [0, 0.1) is 0 Å². The van der Waals surface area contributed by atoms with Crippen LogP contribution < -0.4 is 0 Å². The molecule has 8 aromatic carbocycles. The highest BCUT2D eigenvalue weighted by atomic mass is 16.3.